The number of pyridine rings is 1. The Morgan fingerprint density at radius 1 is 1.42 bits per heavy atom. The maximum absolute atomic E-state index is 5.98. The molecule has 0 bridgehead atoms. The lowest BCUT2D eigenvalue weighted by molar-refractivity contribution is -0.0736. The maximum Gasteiger partial charge on any atom is 0.129 e. The minimum Gasteiger partial charge on any atom is -0.367 e. The first-order chi connectivity index (χ1) is 9.07. The van der Waals surface area contributed by atoms with Crippen molar-refractivity contribution in [1.29, 1.82) is 0 Å². The molecule has 1 aliphatic heterocycles. The second-order valence-electron chi connectivity index (χ2n) is 6.16. The van der Waals surface area contributed by atoms with Gasteiger partial charge in [-0.3, -0.25) is 0 Å². The van der Waals surface area contributed by atoms with E-state index in [-0.39, 0.29) is 11.7 Å². The number of ether oxygens (including phenoxy) is 1. The SMILES string of the molecule is CC1(C)CN(c2ccc3c(n2)CCC3)CC(CCl)O1. The third-order valence-electron chi connectivity index (χ3n) is 3.89. The summed E-state index contributed by atoms with van der Waals surface area (Å²) in [6.45, 7) is 5.93. The second-order valence-corrected chi connectivity index (χ2v) is 6.47. The van der Waals surface area contributed by atoms with Crippen LogP contribution in [0.1, 0.15) is 31.5 Å². The molecular formula is C15H21ClN2O. The number of alkyl halides is 1. The van der Waals surface area contributed by atoms with Crippen LogP contribution in [-0.2, 0) is 17.6 Å². The average Bonchev–Trinajstić information content (AvgIpc) is 2.83. The first kappa shape index (κ1) is 13.2. The minimum absolute atomic E-state index is 0.0838. The molecule has 1 aliphatic carbocycles. The van der Waals surface area contributed by atoms with Crippen molar-refractivity contribution in [2.45, 2.75) is 44.8 Å². The van der Waals surface area contributed by atoms with Gasteiger partial charge in [-0.15, -0.1) is 11.6 Å². The molecule has 2 heterocycles. The molecule has 1 aromatic rings. The summed E-state index contributed by atoms with van der Waals surface area (Å²) < 4.78 is 5.97. The molecule has 0 aromatic carbocycles. The number of hydrogen-bond acceptors (Lipinski definition) is 3. The summed E-state index contributed by atoms with van der Waals surface area (Å²) in [5.41, 5.74) is 2.53. The number of anilines is 1. The predicted octanol–water partition coefficient (Wildman–Crippen LogP) is 2.79. The molecule has 4 heteroatoms. The molecular weight excluding hydrogens is 260 g/mol. The summed E-state index contributed by atoms with van der Waals surface area (Å²) >= 11 is 5.98. The lowest BCUT2D eigenvalue weighted by Crippen LogP contribution is -2.53. The van der Waals surface area contributed by atoms with Crippen LogP contribution in [0.3, 0.4) is 0 Å². The van der Waals surface area contributed by atoms with E-state index in [1.807, 2.05) is 0 Å². The van der Waals surface area contributed by atoms with Gasteiger partial charge in [-0.25, -0.2) is 4.98 Å². The van der Waals surface area contributed by atoms with E-state index in [2.05, 4.69) is 30.9 Å². The van der Waals surface area contributed by atoms with Gasteiger partial charge < -0.3 is 9.64 Å². The molecule has 3 nitrogen and oxygen atoms in total. The van der Waals surface area contributed by atoms with Gasteiger partial charge in [0.2, 0.25) is 0 Å². The highest BCUT2D eigenvalue weighted by molar-refractivity contribution is 6.18. The van der Waals surface area contributed by atoms with Gasteiger partial charge in [-0.1, -0.05) is 6.07 Å². The number of halogens is 1. The first-order valence-corrected chi connectivity index (χ1v) is 7.58. The summed E-state index contributed by atoms with van der Waals surface area (Å²) in [6.07, 6.45) is 3.63. The highest BCUT2D eigenvalue weighted by Gasteiger charge is 2.33. The van der Waals surface area contributed by atoms with Crippen molar-refractivity contribution in [2.24, 2.45) is 0 Å². The Kier molecular flexibility index (Phi) is 3.44. The maximum atomic E-state index is 5.98. The number of aryl methyl sites for hydroxylation is 2. The molecule has 1 aromatic heterocycles. The van der Waals surface area contributed by atoms with E-state index in [4.69, 9.17) is 21.3 Å². The van der Waals surface area contributed by atoms with Gasteiger partial charge >= 0.3 is 0 Å². The van der Waals surface area contributed by atoms with Gasteiger partial charge in [0.05, 0.1) is 17.6 Å². The smallest absolute Gasteiger partial charge is 0.129 e. The lowest BCUT2D eigenvalue weighted by Gasteiger charge is -2.43. The molecule has 2 aliphatic rings. The zero-order valence-electron chi connectivity index (χ0n) is 11.7. The summed E-state index contributed by atoms with van der Waals surface area (Å²) in [5, 5.41) is 0. The fourth-order valence-corrected chi connectivity index (χ4v) is 3.30. The Bertz CT molecular complexity index is 475. The zero-order chi connectivity index (χ0) is 13.5. The van der Waals surface area contributed by atoms with Crippen molar-refractivity contribution < 1.29 is 4.74 Å². The van der Waals surface area contributed by atoms with Gasteiger partial charge in [0.15, 0.2) is 0 Å². The summed E-state index contributed by atoms with van der Waals surface area (Å²) in [7, 11) is 0. The number of fused-ring (bicyclic) bond motifs is 1. The number of aromatic nitrogens is 1. The predicted molar refractivity (Wildman–Crippen MR) is 78.1 cm³/mol. The Morgan fingerprint density at radius 2 is 2.26 bits per heavy atom. The van der Waals surface area contributed by atoms with Crippen molar-refractivity contribution in [2.75, 3.05) is 23.9 Å². The fraction of sp³-hybridized carbons (Fsp3) is 0.667. The average molecular weight is 281 g/mol. The first-order valence-electron chi connectivity index (χ1n) is 7.05. The van der Waals surface area contributed by atoms with Gasteiger partial charge in [0.25, 0.3) is 0 Å². The molecule has 1 unspecified atom stereocenters. The molecule has 1 fully saturated rings. The van der Waals surface area contributed by atoms with E-state index in [0.717, 1.165) is 25.3 Å². The van der Waals surface area contributed by atoms with Crippen molar-refractivity contribution in [3.05, 3.63) is 23.4 Å². The minimum atomic E-state index is -0.168. The van der Waals surface area contributed by atoms with Crippen LogP contribution >= 0.6 is 11.6 Å². The van der Waals surface area contributed by atoms with Crippen LogP contribution in [0.2, 0.25) is 0 Å². The Morgan fingerprint density at radius 3 is 3.05 bits per heavy atom. The molecule has 0 N–H and O–H groups in total. The van der Waals surface area contributed by atoms with Crippen LogP contribution in [-0.4, -0.2) is 35.7 Å². The van der Waals surface area contributed by atoms with Gasteiger partial charge in [-0.05, 0) is 44.7 Å². The van der Waals surface area contributed by atoms with E-state index in [9.17, 15) is 0 Å². The van der Waals surface area contributed by atoms with Crippen LogP contribution in [0.5, 0.6) is 0 Å². The van der Waals surface area contributed by atoms with Gasteiger partial charge in [0.1, 0.15) is 5.82 Å². The van der Waals surface area contributed by atoms with Crippen LogP contribution in [0, 0.1) is 0 Å². The third kappa shape index (κ3) is 2.72. The van der Waals surface area contributed by atoms with Crippen LogP contribution < -0.4 is 4.90 Å². The molecule has 0 spiro atoms. The molecule has 0 saturated carbocycles. The van der Waals surface area contributed by atoms with Crippen molar-refractivity contribution in [1.82, 2.24) is 4.98 Å². The van der Waals surface area contributed by atoms with Crippen LogP contribution in [0.25, 0.3) is 0 Å². The van der Waals surface area contributed by atoms with E-state index in [0.29, 0.717) is 5.88 Å². The van der Waals surface area contributed by atoms with E-state index in [1.54, 1.807) is 0 Å². The molecule has 3 rings (SSSR count). The third-order valence-corrected chi connectivity index (χ3v) is 4.24. The van der Waals surface area contributed by atoms with Crippen LogP contribution in [0.15, 0.2) is 12.1 Å². The molecule has 104 valence electrons. The largest absolute Gasteiger partial charge is 0.367 e. The quantitative estimate of drug-likeness (QED) is 0.779. The fourth-order valence-electron chi connectivity index (χ4n) is 3.14. The molecule has 0 radical (unpaired) electrons. The summed E-state index contributed by atoms with van der Waals surface area (Å²) in [4.78, 5) is 7.15. The number of rotatable bonds is 2. The Balaban J connectivity index is 1.84. The number of hydrogen-bond donors (Lipinski definition) is 0. The van der Waals surface area contributed by atoms with E-state index < -0.39 is 0 Å². The highest BCUT2D eigenvalue weighted by atomic mass is 35.5. The molecule has 1 atom stereocenters. The van der Waals surface area contributed by atoms with Gasteiger partial charge in [0, 0.05) is 18.8 Å². The summed E-state index contributed by atoms with van der Waals surface area (Å²) in [5.74, 6) is 1.61. The molecule has 1 saturated heterocycles. The van der Waals surface area contributed by atoms with Crippen molar-refractivity contribution in [3.8, 4) is 0 Å². The molecule has 0 amide bonds. The number of morpholine rings is 1. The highest BCUT2D eigenvalue weighted by Crippen LogP contribution is 2.28. The monoisotopic (exact) mass is 280 g/mol. The van der Waals surface area contributed by atoms with Crippen molar-refractivity contribution in [3.63, 3.8) is 0 Å². The molecule has 19 heavy (non-hydrogen) atoms. The second kappa shape index (κ2) is 4.95. The Labute approximate surface area is 119 Å². The normalized spacial score (nSPS) is 25.4. The summed E-state index contributed by atoms with van der Waals surface area (Å²) in [6, 6.07) is 4.39. The van der Waals surface area contributed by atoms with Crippen LogP contribution in [0.4, 0.5) is 5.82 Å². The Hall–Kier alpha value is -0.800. The van der Waals surface area contributed by atoms with Crippen molar-refractivity contribution >= 4 is 17.4 Å². The zero-order valence-corrected chi connectivity index (χ0v) is 12.4. The van der Waals surface area contributed by atoms with E-state index >= 15 is 0 Å². The lowest BCUT2D eigenvalue weighted by atomic mass is 10.1. The van der Waals surface area contributed by atoms with Gasteiger partial charge in [-0.2, -0.15) is 0 Å². The topological polar surface area (TPSA) is 25.4 Å². The van der Waals surface area contributed by atoms with E-state index in [1.165, 1.54) is 24.1 Å². The standard InChI is InChI=1S/C15H21ClN2O/c1-15(2)10-18(9-12(8-16)19-15)14-7-6-11-4-3-5-13(11)17-14/h6-7,12H,3-5,8-10H2,1-2H3. The number of nitrogens with zero attached hydrogens (tertiary/aromatic N) is 2.